The van der Waals surface area contributed by atoms with Gasteiger partial charge in [0, 0.05) is 11.1 Å². The van der Waals surface area contributed by atoms with Crippen molar-refractivity contribution in [2.24, 2.45) is 10.2 Å². The number of ketones is 1. The molecule has 0 atom stereocenters. The second kappa shape index (κ2) is 7.69. The summed E-state index contributed by atoms with van der Waals surface area (Å²) in [5, 5.41) is 13.5. The molecule has 0 aliphatic carbocycles. The Bertz CT molecular complexity index is 1050. The average molecular weight is 366 g/mol. The van der Waals surface area contributed by atoms with E-state index in [-0.39, 0.29) is 11.5 Å². The number of benzene rings is 2. The van der Waals surface area contributed by atoms with Gasteiger partial charge in [-0.1, -0.05) is 0 Å². The summed E-state index contributed by atoms with van der Waals surface area (Å²) in [6, 6.07) is 11.9. The van der Waals surface area contributed by atoms with E-state index < -0.39 is 5.56 Å². The number of carbonyl (C=O) groups is 1. The maximum Gasteiger partial charge on any atom is 0.292 e. The first-order chi connectivity index (χ1) is 13.0. The molecule has 138 valence electrons. The maximum atomic E-state index is 12.1. The summed E-state index contributed by atoms with van der Waals surface area (Å²) in [4.78, 5) is 23.4. The maximum absolute atomic E-state index is 12.1. The van der Waals surface area contributed by atoms with Crippen LogP contribution in [-0.2, 0) is 0 Å². The van der Waals surface area contributed by atoms with Gasteiger partial charge in [-0.25, -0.2) is 0 Å². The van der Waals surface area contributed by atoms with E-state index >= 15 is 0 Å². The Morgan fingerprint density at radius 1 is 0.926 bits per heavy atom. The number of nitrogens with zero attached hydrogens (tertiary/aromatic N) is 2. The number of H-pyrrole nitrogens is 2. The van der Waals surface area contributed by atoms with Crippen LogP contribution in [0.15, 0.2) is 57.5 Å². The molecular formula is C19H18N4O4. The Balaban J connectivity index is 1.95. The van der Waals surface area contributed by atoms with Gasteiger partial charge in [0.2, 0.25) is 0 Å². The highest BCUT2D eigenvalue weighted by Gasteiger charge is 2.14. The third-order valence-corrected chi connectivity index (χ3v) is 3.96. The Morgan fingerprint density at radius 3 is 2.26 bits per heavy atom. The van der Waals surface area contributed by atoms with Crippen LogP contribution in [0.25, 0.3) is 11.3 Å². The molecule has 3 aromatic rings. The molecule has 2 aromatic carbocycles. The predicted molar refractivity (Wildman–Crippen MR) is 101 cm³/mol. The highest BCUT2D eigenvalue weighted by Crippen LogP contribution is 2.34. The lowest BCUT2D eigenvalue weighted by Gasteiger charge is -2.08. The van der Waals surface area contributed by atoms with Crippen LogP contribution in [0, 0.1) is 0 Å². The Morgan fingerprint density at radius 2 is 1.63 bits per heavy atom. The summed E-state index contributed by atoms with van der Waals surface area (Å²) in [7, 11) is 3.08. The topological polar surface area (TPSA) is 109 Å². The second-order valence-electron chi connectivity index (χ2n) is 5.68. The molecular weight excluding hydrogens is 348 g/mol. The molecule has 27 heavy (non-hydrogen) atoms. The fourth-order valence-corrected chi connectivity index (χ4v) is 2.52. The number of aromatic nitrogens is 2. The van der Waals surface area contributed by atoms with Gasteiger partial charge < -0.3 is 9.47 Å². The second-order valence-corrected chi connectivity index (χ2v) is 5.68. The van der Waals surface area contributed by atoms with Crippen LogP contribution in [0.4, 0.5) is 11.4 Å². The van der Waals surface area contributed by atoms with Crippen molar-refractivity contribution >= 4 is 17.2 Å². The van der Waals surface area contributed by atoms with Gasteiger partial charge in [-0.15, -0.1) is 5.11 Å². The largest absolute Gasteiger partial charge is 0.493 e. The number of nitrogens with one attached hydrogen (secondary N) is 2. The molecule has 0 amide bonds. The van der Waals surface area contributed by atoms with Gasteiger partial charge >= 0.3 is 0 Å². The summed E-state index contributed by atoms with van der Waals surface area (Å²) in [6.07, 6.45) is 0. The highest BCUT2D eigenvalue weighted by molar-refractivity contribution is 5.94. The third-order valence-electron chi connectivity index (χ3n) is 3.96. The van der Waals surface area contributed by atoms with Crippen LogP contribution in [0.2, 0.25) is 0 Å². The number of rotatable bonds is 6. The zero-order chi connectivity index (χ0) is 19.4. The van der Waals surface area contributed by atoms with E-state index in [2.05, 4.69) is 20.4 Å². The minimum Gasteiger partial charge on any atom is -0.493 e. The molecule has 2 N–H and O–H groups in total. The average Bonchev–Trinajstić information content (AvgIpc) is 3.06. The van der Waals surface area contributed by atoms with Crippen molar-refractivity contribution in [1.29, 1.82) is 0 Å². The van der Waals surface area contributed by atoms with E-state index in [4.69, 9.17) is 9.47 Å². The fourth-order valence-electron chi connectivity index (χ4n) is 2.52. The van der Waals surface area contributed by atoms with Gasteiger partial charge in [0.25, 0.3) is 5.56 Å². The fraction of sp³-hybridized carbons (Fsp3) is 0.158. The Hall–Kier alpha value is -3.68. The van der Waals surface area contributed by atoms with Gasteiger partial charge in [-0.3, -0.25) is 19.8 Å². The lowest BCUT2D eigenvalue weighted by molar-refractivity contribution is 0.101. The monoisotopic (exact) mass is 366 g/mol. The van der Waals surface area contributed by atoms with E-state index in [1.165, 1.54) is 14.0 Å². The molecule has 0 aliphatic rings. The molecule has 0 aliphatic heterocycles. The van der Waals surface area contributed by atoms with Gasteiger partial charge in [0.1, 0.15) is 0 Å². The van der Waals surface area contributed by atoms with Crippen molar-refractivity contribution in [3.05, 3.63) is 58.4 Å². The van der Waals surface area contributed by atoms with Gasteiger partial charge in [0.05, 0.1) is 25.6 Å². The van der Waals surface area contributed by atoms with Gasteiger partial charge in [-0.05, 0) is 49.4 Å². The molecule has 0 unspecified atom stereocenters. The smallest absolute Gasteiger partial charge is 0.292 e. The van der Waals surface area contributed by atoms with Crippen molar-refractivity contribution in [3.8, 4) is 22.8 Å². The molecule has 1 aromatic heterocycles. The standard InChI is InChI=1S/C19H18N4O4/c1-11(24)12-4-7-14(8-5-12)20-22-18-17(21-23-19(18)25)13-6-9-15(26-2)16(10-13)27-3/h4-10H,1-3H3,(H2,21,23,25). The Kier molecular flexibility index (Phi) is 5.16. The summed E-state index contributed by atoms with van der Waals surface area (Å²) >= 11 is 0. The molecule has 0 spiro atoms. The van der Waals surface area contributed by atoms with Crippen LogP contribution in [0.3, 0.4) is 0 Å². The lowest BCUT2D eigenvalue weighted by atomic mass is 10.1. The summed E-state index contributed by atoms with van der Waals surface area (Å²) < 4.78 is 10.5. The number of aromatic amines is 2. The van der Waals surface area contributed by atoms with Crippen LogP contribution < -0.4 is 15.0 Å². The van der Waals surface area contributed by atoms with E-state index in [9.17, 15) is 9.59 Å². The van der Waals surface area contributed by atoms with E-state index in [1.807, 2.05) is 0 Å². The van der Waals surface area contributed by atoms with Crippen LogP contribution in [0.1, 0.15) is 17.3 Å². The van der Waals surface area contributed by atoms with Crippen LogP contribution >= 0.6 is 0 Å². The quantitative estimate of drug-likeness (QED) is 0.507. The molecule has 0 radical (unpaired) electrons. The van der Waals surface area contributed by atoms with E-state index in [1.54, 1.807) is 49.6 Å². The zero-order valence-corrected chi connectivity index (χ0v) is 15.1. The van der Waals surface area contributed by atoms with Crippen LogP contribution in [-0.4, -0.2) is 30.2 Å². The molecule has 8 heteroatoms. The van der Waals surface area contributed by atoms with Crippen LogP contribution in [0.5, 0.6) is 11.5 Å². The summed E-state index contributed by atoms with van der Waals surface area (Å²) in [5.74, 6) is 1.07. The SMILES string of the molecule is COc1ccc(-c2[nH][nH]c(=O)c2N=Nc2ccc(C(C)=O)cc2)cc1OC. The third kappa shape index (κ3) is 3.79. The Labute approximate surface area is 154 Å². The van der Waals surface area contributed by atoms with Crippen molar-refractivity contribution in [2.45, 2.75) is 6.92 Å². The molecule has 1 heterocycles. The first kappa shape index (κ1) is 18.1. The predicted octanol–water partition coefficient (Wildman–Crippen LogP) is 4.01. The first-order valence-electron chi connectivity index (χ1n) is 8.09. The minimum atomic E-state index is -0.399. The van der Waals surface area contributed by atoms with E-state index in [0.29, 0.717) is 34.0 Å². The first-order valence-corrected chi connectivity index (χ1v) is 8.09. The molecule has 3 rings (SSSR count). The number of ether oxygens (including phenoxy) is 2. The number of methoxy groups -OCH3 is 2. The summed E-state index contributed by atoms with van der Waals surface area (Å²) in [6.45, 7) is 1.49. The van der Waals surface area contributed by atoms with Crippen molar-refractivity contribution in [3.63, 3.8) is 0 Å². The molecule has 0 saturated carbocycles. The minimum absolute atomic E-state index is 0.0312. The molecule has 0 saturated heterocycles. The number of hydrogen-bond acceptors (Lipinski definition) is 6. The van der Waals surface area contributed by atoms with Gasteiger partial charge in [0.15, 0.2) is 23.0 Å². The normalized spacial score (nSPS) is 10.9. The number of azo groups is 1. The summed E-state index contributed by atoms with van der Waals surface area (Å²) in [5.41, 5.74) is 2.01. The number of hydrogen-bond donors (Lipinski definition) is 2. The highest BCUT2D eigenvalue weighted by atomic mass is 16.5. The number of Topliss-reactive ketones (excluding diaryl/α,β-unsaturated/α-hetero) is 1. The van der Waals surface area contributed by atoms with Gasteiger partial charge in [-0.2, -0.15) is 5.11 Å². The van der Waals surface area contributed by atoms with Crippen molar-refractivity contribution in [2.75, 3.05) is 14.2 Å². The van der Waals surface area contributed by atoms with Crippen molar-refractivity contribution in [1.82, 2.24) is 10.2 Å². The molecule has 0 fully saturated rings. The molecule has 0 bridgehead atoms. The lowest BCUT2D eigenvalue weighted by Crippen LogP contribution is -1.96. The van der Waals surface area contributed by atoms with E-state index in [0.717, 1.165) is 0 Å². The number of carbonyl (C=O) groups excluding carboxylic acids is 1. The molecule has 8 nitrogen and oxygen atoms in total. The zero-order valence-electron chi connectivity index (χ0n) is 15.1. The van der Waals surface area contributed by atoms with Crippen molar-refractivity contribution < 1.29 is 14.3 Å².